The van der Waals surface area contributed by atoms with Crippen molar-refractivity contribution in [3.05, 3.63) is 124 Å². The summed E-state index contributed by atoms with van der Waals surface area (Å²) in [6.45, 7) is 0. The number of para-hydroxylation sites is 1. The number of ether oxygens (including phenoxy) is 1. The fraction of sp³-hybridized carbons (Fsp3) is 0.0769. The molecule has 0 radical (unpaired) electrons. The molecule has 37 heavy (non-hydrogen) atoms. The summed E-state index contributed by atoms with van der Waals surface area (Å²) < 4.78 is 49.9. The minimum Gasteiger partial charge on any atom is -0.445 e. The van der Waals surface area contributed by atoms with E-state index in [-0.39, 0.29) is 27.1 Å². The maximum Gasteiger partial charge on any atom is 0.435 e. The van der Waals surface area contributed by atoms with Crippen molar-refractivity contribution < 1.29 is 27.5 Å². The van der Waals surface area contributed by atoms with Crippen molar-refractivity contribution in [3.63, 3.8) is 0 Å². The average molecular weight is 546 g/mol. The van der Waals surface area contributed by atoms with Gasteiger partial charge in [0.1, 0.15) is 12.3 Å². The minimum atomic E-state index is -4.88. The Morgan fingerprint density at radius 2 is 1.65 bits per heavy atom. The Kier molecular flexibility index (Phi) is 6.57. The van der Waals surface area contributed by atoms with Crippen LogP contribution in [0.4, 0.5) is 13.2 Å². The number of rotatable bonds is 4. The SMILES string of the molecule is O=C(ON1C=COc2c(c(C(F)(F)F)nn2-c2ccccc2)C1c1ccc(Cl)cc1Cl)c1ccccc1. The molecular formula is C26H16Cl2F3N3O3. The number of fused-ring (bicyclic) bond motifs is 1. The van der Waals surface area contributed by atoms with Gasteiger partial charge in [0.15, 0.2) is 5.69 Å². The molecule has 1 atom stereocenters. The van der Waals surface area contributed by atoms with Gasteiger partial charge in [0.2, 0.25) is 5.88 Å². The smallest absolute Gasteiger partial charge is 0.435 e. The second kappa shape index (κ2) is 9.84. The first kappa shape index (κ1) is 24.7. The third-order valence-electron chi connectivity index (χ3n) is 5.52. The van der Waals surface area contributed by atoms with Gasteiger partial charge >= 0.3 is 12.1 Å². The largest absolute Gasteiger partial charge is 0.445 e. The van der Waals surface area contributed by atoms with Crippen molar-refractivity contribution in [2.75, 3.05) is 0 Å². The molecule has 6 nitrogen and oxygen atoms in total. The molecule has 1 unspecified atom stereocenters. The van der Waals surface area contributed by atoms with Crippen LogP contribution in [0.2, 0.25) is 10.0 Å². The van der Waals surface area contributed by atoms with E-state index in [9.17, 15) is 18.0 Å². The summed E-state index contributed by atoms with van der Waals surface area (Å²) in [7, 11) is 0. The number of hydrogen-bond acceptors (Lipinski definition) is 5. The Bertz CT molecular complexity index is 1480. The molecule has 0 saturated heterocycles. The molecule has 0 saturated carbocycles. The first-order valence-electron chi connectivity index (χ1n) is 10.8. The van der Waals surface area contributed by atoms with Gasteiger partial charge in [0, 0.05) is 15.6 Å². The lowest BCUT2D eigenvalue weighted by molar-refractivity contribution is -0.144. The minimum absolute atomic E-state index is 0.0556. The summed E-state index contributed by atoms with van der Waals surface area (Å²) in [5.74, 6) is -1.02. The lowest BCUT2D eigenvalue weighted by atomic mass is 9.98. The number of aromatic nitrogens is 2. The number of alkyl halides is 3. The van der Waals surface area contributed by atoms with E-state index in [1.807, 2.05) is 0 Å². The second-order valence-corrected chi connectivity index (χ2v) is 8.73. The van der Waals surface area contributed by atoms with Crippen LogP contribution in [0.25, 0.3) is 5.69 Å². The summed E-state index contributed by atoms with van der Waals surface area (Å²) >= 11 is 12.5. The van der Waals surface area contributed by atoms with E-state index in [0.717, 1.165) is 16.0 Å². The summed E-state index contributed by atoms with van der Waals surface area (Å²) in [6, 6.07) is 19.2. The standard InChI is InChI=1S/C26H16Cl2F3N3O3/c27-17-11-12-19(20(28)15-17)22-21-23(26(29,30)31)32-34(18-9-5-2-6-10-18)24(21)36-14-13-33(22)37-25(35)16-7-3-1-4-8-16/h1-15,22H. The molecule has 2 heterocycles. The number of carbonyl (C=O) groups excluding carboxylic acids is 1. The highest BCUT2D eigenvalue weighted by Gasteiger charge is 2.46. The van der Waals surface area contributed by atoms with E-state index in [0.29, 0.717) is 5.69 Å². The van der Waals surface area contributed by atoms with Crippen molar-refractivity contribution >= 4 is 29.2 Å². The predicted octanol–water partition coefficient (Wildman–Crippen LogP) is 7.22. The van der Waals surface area contributed by atoms with E-state index >= 15 is 0 Å². The lowest BCUT2D eigenvalue weighted by Gasteiger charge is -2.29. The monoisotopic (exact) mass is 545 g/mol. The van der Waals surface area contributed by atoms with Crippen LogP contribution in [0.15, 0.2) is 91.3 Å². The van der Waals surface area contributed by atoms with Crippen molar-refractivity contribution in [1.82, 2.24) is 14.8 Å². The van der Waals surface area contributed by atoms with E-state index in [1.54, 1.807) is 48.5 Å². The van der Waals surface area contributed by atoms with Crippen LogP contribution < -0.4 is 4.74 Å². The van der Waals surface area contributed by atoms with Gasteiger partial charge in [0.05, 0.1) is 23.0 Å². The third kappa shape index (κ3) is 4.87. The van der Waals surface area contributed by atoms with Crippen LogP contribution in [0.1, 0.15) is 33.2 Å². The van der Waals surface area contributed by atoms with Crippen molar-refractivity contribution in [2.24, 2.45) is 0 Å². The Morgan fingerprint density at radius 3 is 2.30 bits per heavy atom. The van der Waals surface area contributed by atoms with Crippen LogP contribution in [-0.2, 0) is 11.0 Å². The molecule has 1 aliphatic heterocycles. The maximum absolute atomic E-state index is 14.4. The van der Waals surface area contributed by atoms with E-state index in [1.165, 1.54) is 36.5 Å². The number of carbonyl (C=O) groups is 1. The summed E-state index contributed by atoms with van der Waals surface area (Å²) in [5.41, 5.74) is -0.920. The number of benzene rings is 3. The normalized spacial score (nSPS) is 15.1. The van der Waals surface area contributed by atoms with E-state index in [4.69, 9.17) is 32.8 Å². The fourth-order valence-corrected chi connectivity index (χ4v) is 4.43. The summed E-state index contributed by atoms with van der Waals surface area (Å²) in [4.78, 5) is 18.5. The molecule has 3 aromatic carbocycles. The van der Waals surface area contributed by atoms with Crippen molar-refractivity contribution in [1.29, 1.82) is 0 Å². The molecule has 0 aliphatic carbocycles. The van der Waals surface area contributed by atoms with Crippen molar-refractivity contribution in [2.45, 2.75) is 12.2 Å². The van der Waals surface area contributed by atoms with Crippen LogP contribution in [-0.4, -0.2) is 20.8 Å². The summed E-state index contributed by atoms with van der Waals surface area (Å²) in [6.07, 6.45) is -2.56. The Morgan fingerprint density at radius 1 is 0.973 bits per heavy atom. The molecule has 188 valence electrons. The highest BCUT2D eigenvalue weighted by atomic mass is 35.5. The third-order valence-corrected chi connectivity index (χ3v) is 6.08. The van der Waals surface area contributed by atoms with E-state index < -0.39 is 29.4 Å². The molecule has 0 fully saturated rings. The van der Waals surface area contributed by atoms with E-state index in [2.05, 4.69) is 5.10 Å². The van der Waals surface area contributed by atoms with Crippen LogP contribution in [0.5, 0.6) is 5.88 Å². The van der Waals surface area contributed by atoms with Gasteiger partial charge in [-0.05, 0) is 36.4 Å². The highest BCUT2D eigenvalue weighted by molar-refractivity contribution is 6.35. The van der Waals surface area contributed by atoms with Crippen LogP contribution in [0, 0.1) is 0 Å². The van der Waals surface area contributed by atoms with Gasteiger partial charge in [-0.3, -0.25) is 0 Å². The zero-order chi connectivity index (χ0) is 26.2. The van der Waals surface area contributed by atoms with Crippen LogP contribution in [0.3, 0.4) is 0 Å². The molecule has 0 spiro atoms. The molecule has 1 aliphatic rings. The Hall–Kier alpha value is -3.95. The molecule has 1 aromatic heterocycles. The molecule has 5 rings (SSSR count). The lowest BCUT2D eigenvalue weighted by Crippen LogP contribution is -2.29. The number of halogens is 5. The number of hydroxylamine groups is 2. The molecule has 0 N–H and O–H groups in total. The van der Waals surface area contributed by atoms with Gasteiger partial charge < -0.3 is 9.57 Å². The Labute approximate surface area is 219 Å². The van der Waals surface area contributed by atoms with Crippen LogP contribution >= 0.6 is 23.2 Å². The topological polar surface area (TPSA) is 56.6 Å². The van der Waals surface area contributed by atoms with Gasteiger partial charge in [-0.2, -0.15) is 28.0 Å². The highest BCUT2D eigenvalue weighted by Crippen LogP contribution is 2.47. The van der Waals surface area contributed by atoms with Gasteiger partial charge in [-0.1, -0.05) is 65.7 Å². The molecule has 11 heteroatoms. The first-order chi connectivity index (χ1) is 17.7. The zero-order valence-corrected chi connectivity index (χ0v) is 20.2. The summed E-state index contributed by atoms with van der Waals surface area (Å²) in [5, 5.41) is 5.16. The fourth-order valence-electron chi connectivity index (χ4n) is 3.92. The van der Waals surface area contributed by atoms with Gasteiger partial charge in [0.25, 0.3) is 0 Å². The maximum atomic E-state index is 14.4. The first-order valence-corrected chi connectivity index (χ1v) is 11.6. The molecule has 0 bridgehead atoms. The zero-order valence-electron chi connectivity index (χ0n) is 18.7. The van der Waals surface area contributed by atoms with Crippen molar-refractivity contribution in [3.8, 4) is 11.6 Å². The molecule has 0 amide bonds. The quantitative estimate of drug-likeness (QED) is 0.271. The average Bonchev–Trinajstić information content (AvgIpc) is 3.17. The number of nitrogens with zero attached hydrogens (tertiary/aromatic N) is 3. The van der Waals surface area contributed by atoms with Gasteiger partial charge in [-0.15, -0.1) is 0 Å². The molecular weight excluding hydrogens is 530 g/mol. The molecule has 4 aromatic rings. The predicted molar refractivity (Wildman–Crippen MR) is 130 cm³/mol. The Balaban J connectivity index is 1.73. The van der Waals surface area contributed by atoms with Gasteiger partial charge in [-0.25, -0.2) is 4.79 Å². The second-order valence-electron chi connectivity index (χ2n) is 7.89. The number of hydrogen-bond donors (Lipinski definition) is 0.